The van der Waals surface area contributed by atoms with Crippen LogP contribution in [-0.4, -0.2) is 30.4 Å². The summed E-state index contributed by atoms with van der Waals surface area (Å²) in [4.78, 5) is 12.1. The maximum Gasteiger partial charge on any atom is 0.275 e. The van der Waals surface area contributed by atoms with Gasteiger partial charge in [-0.2, -0.15) is 5.10 Å². The van der Waals surface area contributed by atoms with Gasteiger partial charge in [0.1, 0.15) is 5.75 Å². The summed E-state index contributed by atoms with van der Waals surface area (Å²) in [5.74, 6) is 0.690. The van der Waals surface area contributed by atoms with E-state index in [0.29, 0.717) is 29.2 Å². The van der Waals surface area contributed by atoms with Crippen molar-refractivity contribution >= 4 is 50.6 Å². The summed E-state index contributed by atoms with van der Waals surface area (Å²) in [7, 11) is 0. The fourth-order valence-electron chi connectivity index (χ4n) is 2.13. The number of halogens is 2. The molecule has 2 N–H and O–H groups in total. The van der Waals surface area contributed by atoms with Crippen LogP contribution in [0.3, 0.4) is 0 Å². The molecule has 0 aliphatic carbocycles. The number of aromatic hydroxyl groups is 1. The number of phenolic OH excluding ortho intramolecular Hbond substituents is 1. The highest BCUT2D eigenvalue weighted by atomic mass is 127. The Kier molecular flexibility index (Phi) is 7.70. The molecule has 8 heteroatoms. The van der Waals surface area contributed by atoms with Crippen molar-refractivity contribution in [3.63, 3.8) is 0 Å². The van der Waals surface area contributed by atoms with Gasteiger partial charge < -0.3 is 14.6 Å². The van der Waals surface area contributed by atoms with Crippen LogP contribution in [0.2, 0.25) is 0 Å². The summed E-state index contributed by atoms with van der Waals surface area (Å²) in [6.07, 6.45) is 1.51. The third-order valence-corrected chi connectivity index (χ3v) is 4.50. The first kappa shape index (κ1) is 20.5. The first-order chi connectivity index (χ1) is 12.5. The monoisotopic (exact) mass is 532 g/mol. The number of amides is 1. The number of hydrazone groups is 1. The van der Waals surface area contributed by atoms with Gasteiger partial charge in [-0.15, -0.1) is 0 Å². The van der Waals surface area contributed by atoms with Gasteiger partial charge in [-0.1, -0.05) is 15.9 Å². The van der Waals surface area contributed by atoms with Crippen molar-refractivity contribution < 1.29 is 19.4 Å². The summed E-state index contributed by atoms with van der Waals surface area (Å²) in [6.45, 7) is 4.85. The number of hydrogen-bond acceptors (Lipinski definition) is 5. The van der Waals surface area contributed by atoms with Crippen LogP contribution >= 0.6 is 38.5 Å². The maximum atomic E-state index is 12.1. The third-order valence-electron chi connectivity index (χ3n) is 3.20. The molecular weight excluding hydrogens is 515 g/mol. The molecule has 0 aliphatic rings. The standard InChI is InChI=1S/C18H18BrIN2O4/c1-3-25-16-8-11(7-14(20)17(16)26-4-2)10-21-22-18(24)13-9-12(19)5-6-15(13)23/h5-10,23H,3-4H2,1-2H3,(H,22,24)/b21-10-. The molecule has 6 nitrogen and oxygen atoms in total. The molecule has 0 atom stereocenters. The number of carbonyl (C=O) groups excluding carboxylic acids is 1. The van der Waals surface area contributed by atoms with Gasteiger partial charge in [0.15, 0.2) is 11.5 Å². The molecule has 0 aromatic heterocycles. The van der Waals surface area contributed by atoms with Crippen molar-refractivity contribution in [2.45, 2.75) is 13.8 Å². The van der Waals surface area contributed by atoms with Crippen LogP contribution in [-0.2, 0) is 0 Å². The van der Waals surface area contributed by atoms with E-state index in [-0.39, 0.29) is 11.3 Å². The van der Waals surface area contributed by atoms with E-state index in [0.717, 1.165) is 9.13 Å². The van der Waals surface area contributed by atoms with E-state index in [9.17, 15) is 9.90 Å². The third kappa shape index (κ3) is 5.34. The van der Waals surface area contributed by atoms with Crippen molar-refractivity contribution in [2.75, 3.05) is 13.2 Å². The molecule has 2 rings (SSSR count). The molecule has 1 amide bonds. The smallest absolute Gasteiger partial charge is 0.275 e. The van der Waals surface area contributed by atoms with Gasteiger partial charge in [-0.25, -0.2) is 5.43 Å². The number of benzene rings is 2. The quantitative estimate of drug-likeness (QED) is 0.316. The van der Waals surface area contributed by atoms with Gasteiger partial charge in [0.2, 0.25) is 0 Å². The average molecular weight is 533 g/mol. The van der Waals surface area contributed by atoms with Crippen LogP contribution in [0.25, 0.3) is 0 Å². The van der Waals surface area contributed by atoms with Gasteiger partial charge >= 0.3 is 0 Å². The van der Waals surface area contributed by atoms with Gasteiger partial charge in [0.05, 0.1) is 28.6 Å². The molecule has 0 saturated carbocycles. The average Bonchev–Trinajstić information content (AvgIpc) is 2.60. The van der Waals surface area contributed by atoms with Gasteiger partial charge in [-0.3, -0.25) is 4.79 Å². The highest BCUT2D eigenvalue weighted by Gasteiger charge is 2.12. The fourth-order valence-corrected chi connectivity index (χ4v) is 3.27. The number of nitrogens with one attached hydrogen (secondary N) is 1. The van der Waals surface area contributed by atoms with Crippen molar-refractivity contribution in [3.05, 3.63) is 49.5 Å². The molecule has 26 heavy (non-hydrogen) atoms. The van der Waals surface area contributed by atoms with Crippen LogP contribution < -0.4 is 14.9 Å². The molecule has 0 heterocycles. The lowest BCUT2D eigenvalue weighted by molar-refractivity contribution is 0.0952. The molecule has 0 saturated heterocycles. The predicted molar refractivity (Wildman–Crippen MR) is 112 cm³/mol. The number of carbonyl (C=O) groups is 1. The molecule has 0 aliphatic heterocycles. The Morgan fingerprint density at radius 3 is 2.69 bits per heavy atom. The Hall–Kier alpha value is -1.81. The van der Waals surface area contributed by atoms with Gasteiger partial charge in [0.25, 0.3) is 5.91 Å². The van der Waals surface area contributed by atoms with E-state index in [1.165, 1.54) is 18.3 Å². The lowest BCUT2D eigenvalue weighted by Gasteiger charge is -2.13. The second kappa shape index (κ2) is 9.77. The van der Waals surface area contributed by atoms with Crippen LogP contribution in [0.5, 0.6) is 17.2 Å². The molecule has 2 aromatic carbocycles. The summed E-state index contributed by atoms with van der Waals surface area (Å²) < 4.78 is 12.8. The van der Waals surface area contributed by atoms with Crippen LogP contribution in [0, 0.1) is 3.57 Å². The molecular formula is C18H18BrIN2O4. The first-order valence-corrected chi connectivity index (χ1v) is 9.74. The van der Waals surface area contributed by atoms with Crippen LogP contribution in [0.15, 0.2) is 39.9 Å². The van der Waals surface area contributed by atoms with E-state index in [2.05, 4.69) is 49.0 Å². The highest BCUT2D eigenvalue weighted by Crippen LogP contribution is 2.33. The van der Waals surface area contributed by atoms with Crippen LogP contribution in [0.1, 0.15) is 29.8 Å². The SMILES string of the molecule is CCOc1cc(/C=N\NC(=O)c2cc(Br)ccc2O)cc(I)c1OCC. The Morgan fingerprint density at radius 2 is 2.00 bits per heavy atom. The number of phenols is 1. The maximum absolute atomic E-state index is 12.1. The highest BCUT2D eigenvalue weighted by molar-refractivity contribution is 14.1. The number of nitrogens with zero attached hydrogens (tertiary/aromatic N) is 1. The van der Waals surface area contributed by atoms with E-state index in [1.807, 2.05) is 19.9 Å². The Morgan fingerprint density at radius 1 is 1.27 bits per heavy atom. The number of ether oxygens (including phenoxy) is 2. The Balaban J connectivity index is 2.17. The normalized spacial score (nSPS) is 10.8. The van der Waals surface area contributed by atoms with E-state index >= 15 is 0 Å². The van der Waals surface area contributed by atoms with Crippen molar-refractivity contribution in [1.29, 1.82) is 0 Å². The van der Waals surface area contributed by atoms with E-state index in [4.69, 9.17) is 9.47 Å². The van der Waals surface area contributed by atoms with Crippen molar-refractivity contribution in [3.8, 4) is 17.2 Å². The van der Waals surface area contributed by atoms with Gasteiger partial charge in [-0.05, 0) is 72.3 Å². The largest absolute Gasteiger partial charge is 0.507 e. The number of rotatable bonds is 7. The Bertz CT molecular complexity index is 827. The molecule has 0 unspecified atom stereocenters. The number of hydrogen-bond donors (Lipinski definition) is 2. The minimum Gasteiger partial charge on any atom is -0.507 e. The predicted octanol–water partition coefficient (Wildman–Crippen LogP) is 4.32. The topological polar surface area (TPSA) is 80.2 Å². The van der Waals surface area contributed by atoms with Crippen molar-refractivity contribution in [1.82, 2.24) is 5.43 Å². The first-order valence-electron chi connectivity index (χ1n) is 7.87. The summed E-state index contributed by atoms with van der Waals surface area (Å²) in [6, 6.07) is 8.27. The lowest BCUT2D eigenvalue weighted by Crippen LogP contribution is -2.17. The second-order valence-electron chi connectivity index (χ2n) is 5.06. The zero-order valence-electron chi connectivity index (χ0n) is 14.3. The summed E-state index contributed by atoms with van der Waals surface area (Å²) >= 11 is 5.43. The van der Waals surface area contributed by atoms with Crippen molar-refractivity contribution in [2.24, 2.45) is 5.10 Å². The molecule has 0 spiro atoms. The zero-order valence-corrected chi connectivity index (χ0v) is 18.0. The summed E-state index contributed by atoms with van der Waals surface area (Å²) in [5.41, 5.74) is 3.28. The summed E-state index contributed by atoms with van der Waals surface area (Å²) in [5, 5.41) is 13.7. The molecule has 2 aromatic rings. The minimum absolute atomic E-state index is 0.116. The molecule has 138 valence electrons. The minimum atomic E-state index is -0.509. The van der Waals surface area contributed by atoms with Gasteiger partial charge in [0, 0.05) is 4.47 Å². The van der Waals surface area contributed by atoms with Crippen LogP contribution in [0.4, 0.5) is 0 Å². The molecule has 0 bridgehead atoms. The van der Waals surface area contributed by atoms with E-state index < -0.39 is 5.91 Å². The fraction of sp³-hybridized carbons (Fsp3) is 0.222. The zero-order chi connectivity index (χ0) is 19.1. The van der Waals surface area contributed by atoms with E-state index in [1.54, 1.807) is 12.1 Å². The Labute approximate surface area is 173 Å². The molecule has 0 radical (unpaired) electrons. The lowest BCUT2D eigenvalue weighted by atomic mass is 10.2. The second-order valence-corrected chi connectivity index (χ2v) is 7.13. The molecule has 0 fully saturated rings.